The van der Waals surface area contributed by atoms with Crippen LogP contribution in [0.5, 0.6) is 0 Å². The first-order chi connectivity index (χ1) is 16.4. The SMILES string of the molecule is CCc1nc2ccc(N3CCN(C(=O)O)CC3)cn2c1N(C)c1nc(-c2ccc(F)cc2)cs1. The fourth-order valence-corrected chi connectivity index (χ4v) is 5.07. The van der Waals surface area contributed by atoms with Gasteiger partial charge in [0.25, 0.3) is 0 Å². The topological polar surface area (TPSA) is 77.2 Å². The number of thiazole rings is 1. The molecule has 0 aliphatic carbocycles. The van der Waals surface area contributed by atoms with E-state index in [2.05, 4.69) is 22.4 Å². The Balaban J connectivity index is 1.47. The number of hydrogen-bond acceptors (Lipinski definition) is 6. The Hall–Kier alpha value is -3.66. The van der Waals surface area contributed by atoms with Gasteiger partial charge in [0.15, 0.2) is 5.13 Å². The lowest BCUT2D eigenvalue weighted by atomic mass is 10.2. The highest BCUT2D eigenvalue weighted by Gasteiger charge is 2.23. The van der Waals surface area contributed by atoms with E-state index in [0.29, 0.717) is 26.2 Å². The number of hydrogen-bond donors (Lipinski definition) is 1. The van der Waals surface area contributed by atoms with Crippen LogP contribution < -0.4 is 9.80 Å². The standard InChI is InChI=1S/C24H25FN6O2S/c1-3-19-22(28(2)23-27-20(15-34-23)16-4-6-17(25)7-5-16)31-14-18(8-9-21(31)26-19)29-10-12-30(13-11-29)24(32)33/h4-9,14-15H,3,10-13H2,1-2H3,(H,32,33). The number of piperazine rings is 1. The number of carboxylic acid groups (broad SMARTS) is 1. The minimum absolute atomic E-state index is 0.269. The summed E-state index contributed by atoms with van der Waals surface area (Å²) < 4.78 is 15.4. The van der Waals surface area contributed by atoms with Crippen molar-refractivity contribution in [2.75, 3.05) is 43.0 Å². The number of benzene rings is 1. The largest absolute Gasteiger partial charge is 0.465 e. The van der Waals surface area contributed by atoms with E-state index in [-0.39, 0.29) is 5.82 Å². The zero-order valence-corrected chi connectivity index (χ0v) is 19.8. The number of anilines is 3. The molecule has 0 atom stereocenters. The summed E-state index contributed by atoms with van der Waals surface area (Å²) in [6.07, 6.45) is 1.97. The molecule has 5 rings (SSSR count). The molecule has 0 bridgehead atoms. The van der Waals surface area contributed by atoms with E-state index in [0.717, 1.165) is 45.7 Å². The number of imidazole rings is 1. The molecule has 176 valence electrons. The lowest BCUT2D eigenvalue weighted by Gasteiger charge is -2.34. The molecule has 1 N–H and O–H groups in total. The van der Waals surface area contributed by atoms with E-state index in [1.807, 2.05) is 29.5 Å². The summed E-state index contributed by atoms with van der Waals surface area (Å²) in [5, 5.41) is 12.0. The summed E-state index contributed by atoms with van der Waals surface area (Å²) in [5.41, 5.74) is 4.51. The van der Waals surface area contributed by atoms with Gasteiger partial charge < -0.3 is 19.8 Å². The molecule has 0 spiro atoms. The predicted molar refractivity (Wildman–Crippen MR) is 132 cm³/mol. The van der Waals surface area contributed by atoms with Crippen LogP contribution in [-0.2, 0) is 6.42 Å². The molecule has 10 heteroatoms. The Morgan fingerprint density at radius 1 is 1.12 bits per heavy atom. The molecular formula is C24H25FN6O2S. The van der Waals surface area contributed by atoms with Gasteiger partial charge in [0.2, 0.25) is 0 Å². The number of nitrogens with zero attached hydrogens (tertiary/aromatic N) is 6. The maximum Gasteiger partial charge on any atom is 0.407 e. The third kappa shape index (κ3) is 4.05. The fraction of sp³-hybridized carbons (Fsp3) is 0.292. The number of aryl methyl sites for hydroxylation is 1. The average Bonchev–Trinajstić information content (AvgIpc) is 3.49. The molecule has 4 aromatic rings. The minimum atomic E-state index is -0.871. The van der Waals surface area contributed by atoms with Crippen molar-refractivity contribution in [2.45, 2.75) is 13.3 Å². The Labute approximate surface area is 200 Å². The second kappa shape index (κ2) is 8.94. The number of halogens is 1. The highest BCUT2D eigenvalue weighted by Crippen LogP contribution is 2.34. The van der Waals surface area contributed by atoms with E-state index in [9.17, 15) is 14.3 Å². The van der Waals surface area contributed by atoms with Crippen LogP contribution >= 0.6 is 11.3 Å². The molecule has 0 unspecified atom stereocenters. The molecular weight excluding hydrogens is 455 g/mol. The quantitative estimate of drug-likeness (QED) is 0.445. The predicted octanol–water partition coefficient (Wildman–Crippen LogP) is 4.73. The smallest absolute Gasteiger partial charge is 0.407 e. The molecule has 1 aromatic carbocycles. The first-order valence-corrected chi connectivity index (χ1v) is 12.0. The molecule has 1 fully saturated rings. The van der Waals surface area contributed by atoms with Crippen molar-refractivity contribution in [1.82, 2.24) is 19.3 Å². The zero-order valence-electron chi connectivity index (χ0n) is 19.0. The van der Waals surface area contributed by atoms with Crippen LogP contribution in [0.3, 0.4) is 0 Å². The van der Waals surface area contributed by atoms with Crippen LogP contribution in [0, 0.1) is 5.82 Å². The van der Waals surface area contributed by atoms with Crippen molar-refractivity contribution < 1.29 is 14.3 Å². The van der Waals surface area contributed by atoms with Crippen LogP contribution in [-0.4, -0.2) is 63.7 Å². The molecule has 8 nitrogen and oxygen atoms in total. The number of fused-ring (bicyclic) bond motifs is 1. The van der Waals surface area contributed by atoms with Gasteiger partial charge >= 0.3 is 6.09 Å². The molecule has 3 aromatic heterocycles. The Morgan fingerprint density at radius 2 is 1.85 bits per heavy atom. The van der Waals surface area contributed by atoms with Crippen LogP contribution in [0.4, 0.5) is 25.8 Å². The molecule has 1 aliphatic rings. The average molecular weight is 481 g/mol. The van der Waals surface area contributed by atoms with Gasteiger partial charge in [-0.15, -0.1) is 11.3 Å². The molecule has 34 heavy (non-hydrogen) atoms. The summed E-state index contributed by atoms with van der Waals surface area (Å²) in [6, 6.07) is 10.4. The second-order valence-electron chi connectivity index (χ2n) is 8.19. The Bertz CT molecular complexity index is 1330. The lowest BCUT2D eigenvalue weighted by Crippen LogP contribution is -2.48. The van der Waals surface area contributed by atoms with Crippen LogP contribution in [0.1, 0.15) is 12.6 Å². The van der Waals surface area contributed by atoms with Gasteiger partial charge in [0, 0.05) is 50.4 Å². The highest BCUT2D eigenvalue weighted by molar-refractivity contribution is 7.14. The normalized spacial score (nSPS) is 14.1. The maximum absolute atomic E-state index is 13.3. The third-order valence-corrected chi connectivity index (χ3v) is 7.05. The van der Waals surface area contributed by atoms with E-state index in [1.54, 1.807) is 12.1 Å². The molecule has 0 radical (unpaired) electrons. The summed E-state index contributed by atoms with van der Waals surface area (Å²) in [7, 11) is 1.98. The summed E-state index contributed by atoms with van der Waals surface area (Å²) in [4.78, 5) is 26.5. The Morgan fingerprint density at radius 3 is 2.53 bits per heavy atom. The number of pyridine rings is 1. The van der Waals surface area contributed by atoms with Gasteiger partial charge in [-0.25, -0.2) is 19.2 Å². The van der Waals surface area contributed by atoms with E-state index < -0.39 is 6.09 Å². The minimum Gasteiger partial charge on any atom is -0.465 e. The van der Waals surface area contributed by atoms with Crippen molar-refractivity contribution in [3.05, 3.63) is 59.5 Å². The van der Waals surface area contributed by atoms with Crippen molar-refractivity contribution in [3.63, 3.8) is 0 Å². The monoisotopic (exact) mass is 480 g/mol. The number of aromatic nitrogens is 3. The molecule has 4 heterocycles. The van der Waals surface area contributed by atoms with Crippen molar-refractivity contribution in [2.24, 2.45) is 0 Å². The zero-order chi connectivity index (χ0) is 23.8. The first kappa shape index (κ1) is 22.1. The van der Waals surface area contributed by atoms with Gasteiger partial charge in [0.05, 0.1) is 17.1 Å². The van der Waals surface area contributed by atoms with Gasteiger partial charge in [0.1, 0.15) is 17.3 Å². The lowest BCUT2D eigenvalue weighted by molar-refractivity contribution is 0.142. The van der Waals surface area contributed by atoms with Crippen molar-refractivity contribution in [1.29, 1.82) is 0 Å². The van der Waals surface area contributed by atoms with Crippen molar-refractivity contribution in [3.8, 4) is 11.3 Å². The molecule has 1 aliphatic heterocycles. The van der Waals surface area contributed by atoms with Gasteiger partial charge in [-0.3, -0.25) is 4.40 Å². The third-order valence-electron chi connectivity index (χ3n) is 6.13. The molecule has 1 amide bonds. The second-order valence-corrected chi connectivity index (χ2v) is 9.03. The first-order valence-electron chi connectivity index (χ1n) is 11.1. The van der Waals surface area contributed by atoms with Gasteiger partial charge in [-0.05, 0) is 42.8 Å². The van der Waals surface area contributed by atoms with Crippen molar-refractivity contribution >= 4 is 39.7 Å². The van der Waals surface area contributed by atoms with E-state index in [1.165, 1.54) is 28.4 Å². The summed E-state index contributed by atoms with van der Waals surface area (Å²) in [5.74, 6) is 0.679. The molecule has 1 saturated heterocycles. The van der Waals surface area contributed by atoms with Gasteiger partial charge in [-0.1, -0.05) is 6.92 Å². The van der Waals surface area contributed by atoms with Crippen LogP contribution in [0.25, 0.3) is 16.9 Å². The number of amides is 1. The van der Waals surface area contributed by atoms with E-state index in [4.69, 9.17) is 9.97 Å². The Kier molecular flexibility index (Phi) is 5.82. The summed E-state index contributed by atoms with van der Waals surface area (Å²) >= 11 is 1.53. The van der Waals surface area contributed by atoms with Crippen LogP contribution in [0.2, 0.25) is 0 Å². The summed E-state index contributed by atoms with van der Waals surface area (Å²) in [6.45, 7) is 4.33. The van der Waals surface area contributed by atoms with Crippen LogP contribution in [0.15, 0.2) is 48.0 Å². The number of carbonyl (C=O) groups is 1. The maximum atomic E-state index is 13.3. The van der Waals surface area contributed by atoms with E-state index >= 15 is 0 Å². The number of rotatable bonds is 5. The highest BCUT2D eigenvalue weighted by atomic mass is 32.1. The van der Waals surface area contributed by atoms with Gasteiger partial charge in [-0.2, -0.15) is 0 Å². The fourth-order valence-electron chi connectivity index (χ4n) is 4.27. The molecule has 0 saturated carbocycles.